The quantitative estimate of drug-likeness (QED) is 0.878. The molecule has 2 aromatic carbocycles. The molecule has 0 heterocycles. The van der Waals surface area contributed by atoms with Crippen LogP contribution in [0.1, 0.15) is 35.8 Å². The van der Waals surface area contributed by atoms with E-state index < -0.39 is 6.10 Å². The van der Waals surface area contributed by atoms with Gasteiger partial charge in [0.2, 0.25) is 0 Å². The van der Waals surface area contributed by atoms with Gasteiger partial charge in [-0.3, -0.25) is 0 Å². The Morgan fingerprint density at radius 1 is 1.10 bits per heavy atom. The fourth-order valence-corrected chi connectivity index (χ4v) is 2.06. The van der Waals surface area contributed by atoms with Crippen LogP contribution in [0, 0.1) is 6.92 Å². The summed E-state index contributed by atoms with van der Waals surface area (Å²) >= 11 is 0. The minimum atomic E-state index is -0.622. The highest BCUT2D eigenvalue weighted by molar-refractivity contribution is 5.37. The van der Waals surface area contributed by atoms with Crippen molar-refractivity contribution in [3.8, 4) is 5.75 Å². The zero-order valence-corrected chi connectivity index (χ0v) is 11.9. The lowest BCUT2D eigenvalue weighted by Gasteiger charge is -2.15. The Morgan fingerprint density at radius 2 is 1.80 bits per heavy atom. The second-order valence-electron chi connectivity index (χ2n) is 5.05. The summed E-state index contributed by atoms with van der Waals surface area (Å²) in [6.45, 7) is 4.17. The maximum Gasteiger partial charge on any atom is 0.122 e. The molecule has 0 radical (unpaired) electrons. The highest BCUT2D eigenvalue weighted by Gasteiger charge is 2.09. The van der Waals surface area contributed by atoms with E-state index in [1.807, 2.05) is 62.4 Å². The van der Waals surface area contributed by atoms with E-state index in [0.717, 1.165) is 22.4 Å². The van der Waals surface area contributed by atoms with Gasteiger partial charge in [0.05, 0.1) is 0 Å². The minimum absolute atomic E-state index is 0.0117. The average Bonchev–Trinajstić information content (AvgIpc) is 2.46. The van der Waals surface area contributed by atoms with Crippen molar-refractivity contribution in [1.29, 1.82) is 0 Å². The summed E-state index contributed by atoms with van der Waals surface area (Å²) in [4.78, 5) is 0. The van der Waals surface area contributed by atoms with E-state index in [1.54, 1.807) is 0 Å². The maximum absolute atomic E-state index is 10.1. The molecule has 0 aliphatic carbocycles. The topological polar surface area (TPSA) is 55.5 Å². The third-order valence-electron chi connectivity index (χ3n) is 3.31. The lowest BCUT2D eigenvalue weighted by Crippen LogP contribution is -2.11. The molecular formula is C17H21NO2. The molecule has 0 saturated carbocycles. The molecule has 0 bridgehead atoms. The molecule has 2 aromatic rings. The molecule has 0 aliphatic rings. The third kappa shape index (κ3) is 3.59. The molecule has 106 valence electrons. The summed E-state index contributed by atoms with van der Waals surface area (Å²) in [5.74, 6) is 0.782. The van der Waals surface area contributed by atoms with E-state index in [-0.39, 0.29) is 12.6 Å². The number of benzene rings is 2. The minimum Gasteiger partial charge on any atom is -0.490 e. The highest BCUT2D eigenvalue weighted by atomic mass is 16.5. The fraction of sp³-hybridized carbons (Fsp3) is 0.294. The van der Waals surface area contributed by atoms with Crippen molar-refractivity contribution in [2.45, 2.75) is 26.0 Å². The van der Waals surface area contributed by atoms with Crippen molar-refractivity contribution in [2.24, 2.45) is 5.73 Å². The Balaban J connectivity index is 2.01. The molecule has 3 N–H and O–H groups in total. The maximum atomic E-state index is 10.1. The van der Waals surface area contributed by atoms with Gasteiger partial charge in [-0.25, -0.2) is 0 Å². The predicted molar refractivity (Wildman–Crippen MR) is 80.7 cm³/mol. The van der Waals surface area contributed by atoms with Crippen LogP contribution < -0.4 is 10.5 Å². The molecule has 3 heteroatoms. The summed E-state index contributed by atoms with van der Waals surface area (Å²) in [5, 5.41) is 10.1. The predicted octanol–water partition coefficient (Wildman–Crippen LogP) is 3.13. The molecule has 20 heavy (non-hydrogen) atoms. The second kappa shape index (κ2) is 6.55. The molecule has 0 spiro atoms. The number of hydrogen-bond donors (Lipinski definition) is 2. The molecule has 1 unspecified atom stereocenters. The number of aryl methyl sites for hydroxylation is 1. The van der Waals surface area contributed by atoms with E-state index in [0.29, 0.717) is 0 Å². The Hall–Kier alpha value is -1.84. The lowest BCUT2D eigenvalue weighted by atomic mass is 10.1. The van der Waals surface area contributed by atoms with E-state index in [1.165, 1.54) is 0 Å². The van der Waals surface area contributed by atoms with Crippen LogP contribution in [0.25, 0.3) is 0 Å². The van der Waals surface area contributed by atoms with Crippen LogP contribution in [0.3, 0.4) is 0 Å². The number of ether oxygens (including phenoxy) is 1. The van der Waals surface area contributed by atoms with Gasteiger partial charge in [0.1, 0.15) is 18.5 Å². The average molecular weight is 271 g/mol. The van der Waals surface area contributed by atoms with Gasteiger partial charge >= 0.3 is 0 Å². The molecular weight excluding hydrogens is 250 g/mol. The Bertz CT molecular complexity index is 552. The fourth-order valence-electron chi connectivity index (χ4n) is 2.06. The summed E-state index contributed by atoms with van der Waals surface area (Å²) < 4.78 is 5.70. The van der Waals surface area contributed by atoms with E-state index >= 15 is 0 Å². The highest BCUT2D eigenvalue weighted by Crippen LogP contribution is 2.23. The van der Waals surface area contributed by atoms with Gasteiger partial charge in [-0.15, -0.1) is 0 Å². The largest absolute Gasteiger partial charge is 0.490 e. The molecule has 3 nitrogen and oxygen atoms in total. The number of hydrogen-bond acceptors (Lipinski definition) is 3. The van der Waals surface area contributed by atoms with Gasteiger partial charge in [-0.05, 0) is 36.6 Å². The first-order valence-corrected chi connectivity index (χ1v) is 6.80. The molecule has 0 aliphatic heterocycles. The molecule has 0 aromatic heterocycles. The standard InChI is InChI=1S/C17H21NO2/c1-12-10-15(13(2)18)8-9-17(12)20-11-16(19)14-6-4-3-5-7-14/h3-10,13,16,19H,11,18H2,1-2H3/t13-,16?/m1/s1. The first-order valence-electron chi connectivity index (χ1n) is 6.80. The molecule has 2 atom stereocenters. The molecule has 0 amide bonds. The van der Waals surface area contributed by atoms with Crippen molar-refractivity contribution in [3.05, 3.63) is 65.2 Å². The van der Waals surface area contributed by atoms with Crippen molar-refractivity contribution in [3.63, 3.8) is 0 Å². The first-order chi connectivity index (χ1) is 9.58. The van der Waals surface area contributed by atoms with Gasteiger partial charge in [0, 0.05) is 6.04 Å². The molecule has 0 saturated heterocycles. The Labute approximate surface area is 120 Å². The van der Waals surface area contributed by atoms with Gasteiger partial charge in [0.25, 0.3) is 0 Å². The van der Waals surface area contributed by atoms with Crippen LogP contribution >= 0.6 is 0 Å². The van der Waals surface area contributed by atoms with Crippen LogP contribution in [0.15, 0.2) is 48.5 Å². The van der Waals surface area contributed by atoms with Crippen LogP contribution in [0.5, 0.6) is 5.75 Å². The number of aliphatic hydroxyl groups is 1. The lowest BCUT2D eigenvalue weighted by molar-refractivity contribution is 0.108. The summed E-state index contributed by atoms with van der Waals surface area (Å²) in [5.41, 5.74) is 8.82. The number of rotatable bonds is 5. The third-order valence-corrected chi connectivity index (χ3v) is 3.31. The Kier molecular flexibility index (Phi) is 4.77. The van der Waals surface area contributed by atoms with E-state index in [9.17, 15) is 5.11 Å². The monoisotopic (exact) mass is 271 g/mol. The first kappa shape index (κ1) is 14.6. The van der Waals surface area contributed by atoms with Gasteiger partial charge in [0.15, 0.2) is 0 Å². The summed E-state index contributed by atoms with van der Waals surface area (Å²) in [6.07, 6.45) is -0.622. The summed E-state index contributed by atoms with van der Waals surface area (Å²) in [7, 11) is 0. The summed E-state index contributed by atoms with van der Waals surface area (Å²) in [6, 6.07) is 15.4. The smallest absolute Gasteiger partial charge is 0.122 e. The number of nitrogens with two attached hydrogens (primary N) is 1. The van der Waals surface area contributed by atoms with Crippen molar-refractivity contribution in [1.82, 2.24) is 0 Å². The normalized spacial score (nSPS) is 13.8. The van der Waals surface area contributed by atoms with Gasteiger partial charge in [-0.1, -0.05) is 42.5 Å². The van der Waals surface area contributed by atoms with Crippen LogP contribution in [0.2, 0.25) is 0 Å². The van der Waals surface area contributed by atoms with Crippen LogP contribution in [0.4, 0.5) is 0 Å². The van der Waals surface area contributed by atoms with Gasteiger partial charge < -0.3 is 15.6 Å². The number of aliphatic hydroxyl groups excluding tert-OH is 1. The Morgan fingerprint density at radius 3 is 2.40 bits per heavy atom. The zero-order chi connectivity index (χ0) is 14.5. The van der Waals surface area contributed by atoms with Crippen molar-refractivity contribution < 1.29 is 9.84 Å². The van der Waals surface area contributed by atoms with E-state index in [2.05, 4.69) is 0 Å². The van der Waals surface area contributed by atoms with Crippen molar-refractivity contribution in [2.75, 3.05) is 6.61 Å². The van der Waals surface area contributed by atoms with Crippen molar-refractivity contribution >= 4 is 0 Å². The molecule has 2 rings (SSSR count). The van der Waals surface area contributed by atoms with Crippen LogP contribution in [-0.4, -0.2) is 11.7 Å². The second-order valence-corrected chi connectivity index (χ2v) is 5.05. The van der Waals surface area contributed by atoms with Crippen LogP contribution in [-0.2, 0) is 0 Å². The zero-order valence-electron chi connectivity index (χ0n) is 11.9. The van der Waals surface area contributed by atoms with E-state index in [4.69, 9.17) is 10.5 Å². The van der Waals surface area contributed by atoms with Gasteiger partial charge in [-0.2, -0.15) is 0 Å². The molecule has 0 fully saturated rings. The SMILES string of the molecule is Cc1cc([C@@H](C)N)ccc1OCC(O)c1ccccc1.